The number of anilines is 2. The summed E-state index contributed by atoms with van der Waals surface area (Å²) in [5.41, 5.74) is 14.6. The minimum Gasteiger partial charge on any atom is -0.399 e. The highest BCUT2D eigenvalue weighted by molar-refractivity contribution is 5.60. The number of nitrogen functional groups attached to an aromatic ring is 2. The van der Waals surface area contributed by atoms with Gasteiger partial charge in [-0.15, -0.1) is 10.2 Å². The first-order valence-corrected chi connectivity index (χ1v) is 7.66. The summed E-state index contributed by atoms with van der Waals surface area (Å²) in [5, 5.41) is 12.5. The molecule has 124 valence electrons. The fraction of sp³-hybridized carbons (Fsp3) is 0.0588. The van der Waals surface area contributed by atoms with Crippen molar-refractivity contribution in [2.24, 2.45) is 0 Å². The molecule has 8 heteroatoms. The van der Waals surface area contributed by atoms with Crippen LogP contribution in [0.5, 0.6) is 0 Å². The predicted molar refractivity (Wildman–Crippen MR) is 94.9 cm³/mol. The Hall–Kier alpha value is -3.68. The molecule has 0 saturated carbocycles. The van der Waals surface area contributed by atoms with Crippen LogP contribution >= 0.6 is 0 Å². The molecule has 25 heavy (non-hydrogen) atoms. The van der Waals surface area contributed by atoms with Crippen molar-refractivity contribution in [3.05, 3.63) is 70.1 Å². The molecule has 0 unspecified atom stereocenters. The molecule has 0 radical (unpaired) electrons. The Morgan fingerprint density at radius 3 is 2.52 bits per heavy atom. The second-order valence-electron chi connectivity index (χ2n) is 5.66. The third kappa shape index (κ3) is 2.69. The molecule has 2 aromatic carbocycles. The fourth-order valence-electron chi connectivity index (χ4n) is 2.60. The Morgan fingerprint density at radius 1 is 1.00 bits per heavy atom. The van der Waals surface area contributed by atoms with Gasteiger partial charge in [0, 0.05) is 23.4 Å². The molecule has 0 fully saturated rings. The average molecular weight is 333 g/mol. The van der Waals surface area contributed by atoms with Crippen molar-refractivity contribution in [3.63, 3.8) is 0 Å². The molecule has 2 heterocycles. The van der Waals surface area contributed by atoms with Gasteiger partial charge in [-0.1, -0.05) is 18.2 Å². The van der Waals surface area contributed by atoms with E-state index in [1.807, 2.05) is 30.3 Å². The van der Waals surface area contributed by atoms with Crippen LogP contribution in [0, 0.1) is 0 Å². The van der Waals surface area contributed by atoms with Gasteiger partial charge < -0.3 is 11.5 Å². The lowest BCUT2D eigenvalue weighted by atomic mass is 10.1. The van der Waals surface area contributed by atoms with E-state index in [2.05, 4.69) is 20.3 Å². The molecule has 5 N–H and O–H groups in total. The van der Waals surface area contributed by atoms with Crippen LogP contribution in [-0.2, 0) is 6.42 Å². The SMILES string of the molecule is Nc1ccc(-c2nnc3[nH]c(=O)c(Cc4ccccc4N)nn23)cc1. The Labute approximate surface area is 142 Å². The maximum atomic E-state index is 12.3. The monoisotopic (exact) mass is 333 g/mol. The molecular weight excluding hydrogens is 318 g/mol. The number of benzene rings is 2. The molecule has 0 aliphatic rings. The Balaban J connectivity index is 1.82. The van der Waals surface area contributed by atoms with Crippen LogP contribution in [0.25, 0.3) is 17.2 Å². The van der Waals surface area contributed by atoms with E-state index in [0.29, 0.717) is 29.3 Å². The summed E-state index contributed by atoms with van der Waals surface area (Å²) in [6.45, 7) is 0. The summed E-state index contributed by atoms with van der Waals surface area (Å²) < 4.78 is 1.52. The van der Waals surface area contributed by atoms with Gasteiger partial charge in [0.25, 0.3) is 11.3 Å². The van der Waals surface area contributed by atoms with Gasteiger partial charge in [-0.05, 0) is 35.9 Å². The topological polar surface area (TPSA) is 128 Å². The minimum absolute atomic E-state index is 0.279. The zero-order valence-electron chi connectivity index (χ0n) is 13.2. The van der Waals surface area contributed by atoms with Crippen LogP contribution < -0.4 is 17.0 Å². The number of fused-ring (bicyclic) bond motifs is 1. The lowest BCUT2D eigenvalue weighted by Crippen LogP contribution is -2.19. The van der Waals surface area contributed by atoms with Crippen molar-refractivity contribution in [1.29, 1.82) is 0 Å². The molecule has 0 atom stereocenters. The predicted octanol–water partition coefficient (Wildman–Crippen LogP) is 1.23. The summed E-state index contributed by atoms with van der Waals surface area (Å²) in [7, 11) is 0. The summed E-state index contributed by atoms with van der Waals surface area (Å²) >= 11 is 0. The lowest BCUT2D eigenvalue weighted by Gasteiger charge is -2.05. The molecule has 4 rings (SSSR count). The summed E-state index contributed by atoms with van der Waals surface area (Å²) in [5.74, 6) is 0.801. The lowest BCUT2D eigenvalue weighted by molar-refractivity contribution is 0.829. The van der Waals surface area contributed by atoms with Gasteiger partial charge >= 0.3 is 0 Å². The molecule has 2 aromatic heterocycles. The molecule has 0 bridgehead atoms. The number of para-hydroxylation sites is 1. The molecule has 4 aromatic rings. The zero-order chi connectivity index (χ0) is 17.4. The van der Waals surface area contributed by atoms with E-state index in [9.17, 15) is 4.79 Å². The van der Waals surface area contributed by atoms with E-state index in [1.165, 1.54) is 4.52 Å². The molecule has 0 aliphatic carbocycles. The van der Waals surface area contributed by atoms with Crippen LogP contribution in [0.15, 0.2) is 53.3 Å². The van der Waals surface area contributed by atoms with E-state index in [0.717, 1.165) is 11.1 Å². The number of nitrogens with one attached hydrogen (secondary N) is 1. The van der Waals surface area contributed by atoms with E-state index >= 15 is 0 Å². The number of rotatable bonds is 3. The first-order chi connectivity index (χ1) is 12.1. The number of hydrogen-bond donors (Lipinski definition) is 3. The van der Waals surface area contributed by atoms with Crippen molar-refractivity contribution in [1.82, 2.24) is 24.8 Å². The third-order valence-corrected chi connectivity index (χ3v) is 3.93. The summed E-state index contributed by atoms with van der Waals surface area (Å²) in [4.78, 5) is 15.0. The average Bonchev–Trinajstić information content (AvgIpc) is 3.00. The summed E-state index contributed by atoms with van der Waals surface area (Å²) in [6, 6.07) is 14.6. The number of aromatic nitrogens is 5. The number of H-pyrrole nitrogens is 1. The first kappa shape index (κ1) is 14.9. The van der Waals surface area contributed by atoms with E-state index < -0.39 is 0 Å². The van der Waals surface area contributed by atoms with Crippen LogP contribution in [0.4, 0.5) is 11.4 Å². The Kier molecular flexibility index (Phi) is 3.42. The van der Waals surface area contributed by atoms with Crippen LogP contribution in [-0.4, -0.2) is 24.8 Å². The molecule has 0 saturated heterocycles. The number of nitrogens with zero attached hydrogens (tertiary/aromatic N) is 4. The molecule has 0 amide bonds. The van der Waals surface area contributed by atoms with Crippen molar-refractivity contribution in [2.45, 2.75) is 6.42 Å². The van der Waals surface area contributed by atoms with E-state index in [1.54, 1.807) is 18.2 Å². The standard InChI is InChI=1S/C17H15N7O/c18-12-7-5-10(6-8-12)15-21-22-17-20-16(25)14(23-24(15)17)9-11-3-1-2-4-13(11)19/h1-8H,9,18-19H2,(H,20,22,25). The highest BCUT2D eigenvalue weighted by Gasteiger charge is 2.14. The Bertz CT molecular complexity index is 1110. The van der Waals surface area contributed by atoms with Crippen LogP contribution in [0.3, 0.4) is 0 Å². The van der Waals surface area contributed by atoms with Gasteiger partial charge in [-0.2, -0.15) is 9.61 Å². The third-order valence-electron chi connectivity index (χ3n) is 3.93. The number of aromatic amines is 1. The van der Waals surface area contributed by atoms with Crippen molar-refractivity contribution in [2.75, 3.05) is 11.5 Å². The van der Waals surface area contributed by atoms with Crippen molar-refractivity contribution in [3.8, 4) is 11.4 Å². The number of nitrogens with two attached hydrogens (primary N) is 2. The van der Waals surface area contributed by atoms with Gasteiger partial charge in [0.15, 0.2) is 5.82 Å². The van der Waals surface area contributed by atoms with Crippen LogP contribution in [0.1, 0.15) is 11.3 Å². The minimum atomic E-state index is -0.313. The molecular formula is C17H15N7O. The van der Waals surface area contributed by atoms with Gasteiger partial charge in [-0.3, -0.25) is 9.78 Å². The second-order valence-corrected chi connectivity index (χ2v) is 5.66. The highest BCUT2D eigenvalue weighted by Crippen LogP contribution is 2.18. The maximum absolute atomic E-state index is 12.3. The van der Waals surface area contributed by atoms with E-state index in [4.69, 9.17) is 11.5 Å². The zero-order valence-corrected chi connectivity index (χ0v) is 13.2. The van der Waals surface area contributed by atoms with Crippen molar-refractivity contribution >= 4 is 17.2 Å². The first-order valence-electron chi connectivity index (χ1n) is 7.66. The van der Waals surface area contributed by atoms with Gasteiger partial charge in [0.2, 0.25) is 0 Å². The van der Waals surface area contributed by atoms with Gasteiger partial charge in [-0.25, -0.2) is 0 Å². The maximum Gasteiger partial charge on any atom is 0.274 e. The molecule has 0 aliphatic heterocycles. The summed E-state index contributed by atoms with van der Waals surface area (Å²) in [6.07, 6.45) is 0.317. The molecule has 8 nitrogen and oxygen atoms in total. The second kappa shape index (κ2) is 5.75. The number of hydrogen-bond acceptors (Lipinski definition) is 6. The van der Waals surface area contributed by atoms with Gasteiger partial charge in [0.05, 0.1) is 0 Å². The van der Waals surface area contributed by atoms with Gasteiger partial charge in [0.1, 0.15) is 5.69 Å². The molecule has 0 spiro atoms. The smallest absolute Gasteiger partial charge is 0.274 e. The highest BCUT2D eigenvalue weighted by atomic mass is 16.1. The largest absolute Gasteiger partial charge is 0.399 e. The Morgan fingerprint density at radius 2 is 1.76 bits per heavy atom. The van der Waals surface area contributed by atoms with Crippen LogP contribution in [0.2, 0.25) is 0 Å². The fourth-order valence-corrected chi connectivity index (χ4v) is 2.60. The quantitative estimate of drug-likeness (QED) is 0.484. The van der Waals surface area contributed by atoms with Crippen molar-refractivity contribution < 1.29 is 0 Å². The normalized spacial score (nSPS) is 11.0. The van der Waals surface area contributed by atoms with E-state index in [-0.39, 0.29) is 11.3 Å².